The number of carbonyl (C=O) groups excluding carboxylic acids is 1. The van der Waals surface area contributed by atoms with Gasteiger partial charge >= 0.3 is 5.63 Å². The third-order valence-electron chi connectivity index (χ3n) is 3.29. The smallest absolute Gasteiger partial charge is 0.349 e. The number of benzene rings is 2. The fourth-order valence-corrected chi connectivity index (χ4v) is 2.43. The van der Waals surface area contributed by atoms with Gasteiger partial charge in [-0.15, -0.1) is 0 Å². The van der Waals surface area contributed by atoms with E-state index in [9.17, 15) is 9.59 Å². The van der Waals surface area contributed by atoms with Crippen LogP contribution in [0.4, 0.5) is 5.69 Å². The molecule has 0 radical (unpaired) electrons. The SMILES string of the molecule is COc1cccc2cc(C(=O)Nc3ccc(Br)cc3)c(=O)oc12. The lowest BCUT2D eigenvalue weighted by molar-refractivity contribution is 0.102. The predicted octanol–water partition coefficient (Wildman–Crippen LogP) is 3.82. The molecular weight excluding hydrogens is 362 g/mol. The average molecular weight is 374 g/mol. The summed E-state index contributed by atoms with van der Waals surface area (Å²) >= 11 is 3.32. The molecule has 0 saturated heterocycles. The van der Waals surface area contributed by atoms with Crippen LogP contribution >= 0.6 is 15.9 Å². The second-order valence-electron chi connectivity index (χ2n) is 4.79. The lowest BCUT2D eigenvalue weighted by Crippen LogP contribution is -2.20. The summed E-state index contributed by atoms with van der Waals surface area (Å²) in [4.78, 5) is 24.4. The molecule has 116 valence electrons. The molecule has 3 rings (SSSR count). The van der Waals surface area contributed by atoms with Gasteiger partial charge in [0.15, 0.2) is 11.3 Å². The van der Waals surface area contributed by atoms with Crippen molar-refractivity contribution in [1.82, 2.24) is 0 Å². The number of hydrogen-bond donors (Lipinski definition) is 1. The number of para-hydroxylation sites is 1. The third kappa shape index (κ3) is 3.12. The molecule has 3 aromatic rings. The fourth-order valence-electron chi connectivity index (χ4n) is 2.17. The van der Waals surface area contributed by atoms with Crippen LogP contribution in [-0.2, 0) is 0 Å². The predicted molar refractivity (Wildman–Crippen MR) is 91.1 cm³/mol. The van der Waals surface area contributed by atoms with E-state index in [0.717, 1.165) is 4.47 Å². The molecule has 0 aliphatic rings. The van der Waals surface area contributed by atoms with Gasteiger partial charge < -0.3 is 14.5 Å². The lowest BCUT2D eigenvalue weighted by Gasteiger charge is -2.07. The molecule has 0 spiro atoms. The van der Waals surface area contributed by atoms with Crippen molar-refractivity contribution in [2.45, 2.75) is 0 Å². The van der Waals surface area contributed by atoms with Gasteiger partial charge in [-0.1, -0.05) is 28.1 Å². The molecule has 2 aromatic carbocycles. The standard InChI is InChI=1S/C17H12BrNO4/c1-22-14-4-2-3-10-9-13(17(21)23-15(10)14)16(20)19-12-7-5-11(18)6-8-12/h2-9H,1H3,(H,19,20). The van der Waals surface area contributed by atoms with Crippen LogP contribution < -0.4 is 15.7 Å². The normalized spacial score (nSPS) is 10.5. The first-order chi connectivity index (χ1) is 11.1. The molecule has 0 bridgehead atoms. The second kappa shape index (κ2) is 6.26. The molecule has 0 aliphatic carbocycles. The summed E-state index contributed by atoms with van der Waals surface area (Å²) in [5.74, 6) is -0.0785. The van der Waals surface area contributed by atoms with Crippen molar-refractivity contribution >= 4 is 38.5 Å². The van der Waals surface area contributed by atoms with Crippen molar-refractivity contribution in [3.05, 3.63) is 69.0 Å². The van der Waals surface area contributed by atoms with Gasteiger partial charge in [0.25, 0.3) is 5.91 Å². The molecule has 0 atom stereocenters. The maximum absolute atomic E-state index is 12.3. The van der Waals surface area contributed by atoms with Crippen molar-refractivity contribution in [1.29, 1.82) is 0 Å². The number of methoxy groups -OCH3 is 1. The Morgan fingerprint density at radius 1 is 1.17 bits per heavy atom. The summed E-state index contributed by atoms with van der Waals surface area (Å²) < 4.78 is 11.3. The minimum atomic E-state index is -0.711. The molecule has 0 saturated carbocycles. The van der Waals surface area contributed by atoms with E-state index >= 15 is 0 Å². The Bertz CT molecular complexity index is 931. The highest BCUT2D eigenvalue weighted by molar-refractivity contribution is 9.10. The number of ether oxygens (including phenoxy) is 1. The van der Waals surface area contributed by atoms with Crippen LogP contribution in [0.25, 0.3) is 11.0 Å². The van der Waals surface area contributed by atoms with Crippen molar-refractivity contribution in [2.75, 3.05) is 12.4 Å². The van der Waals surface area contributed by atoms with Crippen molar-refractivity contribution in [3.8, 4) is 5.75 Å². The summed E-state index contributed by atoms with van der Waals surface area (Å²) in [5.41, 5.74) is 0.133. The minimum Gasteiger partial charge on any atom is -0.493 e. The van der Waals surface area contributed by atoms with Crippen LogP contribution in [0.15, 0.2) is 62.2 Å². The van der Waals surface area contributed by atoms with Gasteiger partial charge in [-0.2, -0.15) is 0 Å². The Balaban J connectivity index is 1.99. The van der Waals surface area contributed by atoms with Crippen LogP contribution in [0.3, 0.4) is 0 Å². The number of halogens is 1. The fraction of sp³-hybridized carbons (Fsp3) is 0.0588. The van der Waals surface area contributed by atoms with E-state index < -0.39 is 11.5 Å². The van der Waals surface area contributed by atoms with Crippen molar-refractivity contribution in [2.24, 2.45) is 0 Å². The summed E-state index contributed by atoms with van der Waals surface area (Å²) in [5, 5.41) is 3.28. The Kier molecular flexibility index (Phi) is 4.16. The summed E-state index contributed by atoms with van der Waals surface area (Å²) in [6, 6.07) is 13.7. The van der Waals surface area contributed by atoms with Crippen molar-refractivity contribution in [3.63, 3.8) is 0 Å². The third-order valence-corrected chi connectivity index (χ3v) is 3.82. The molecule has 1 aromatic heterocycles. The van der Waals surface area contributed by atoms with Crippen LogP contribution in [0.5, 0.6) is 5.75 Å². The number of rotatable bonds is 3. The highest BCUT2D eigenvalue weighted by Gasteiger charge is 2.15. The molecule has 0 fully saturated rings. The second-order valence-corrected chi connectivity index (χ2v) is 5.70. The van der Waals surface area contributed by atoms with E-state index in [1.807, 2.05) is 0 Å². The van der Waals surface area contributed by atoms with Crippen LogP contribution in [-0.4, -0.2) is 13.0 Å². The molecule has 5 nitrogen and oxygen atoms in total. The van der Waals surface area contributed by atoms with Crippen molar-refractivity contribution < 1.29 is 13.9 Å². The van der Waals surface area contributed by atoms with Gasteiger partial charge in [0.2, 0.25) is 0 Å². The van der Waals surface area contributed by atoms with Crippen LogP contribution in [0.1, 0.15) is 10.4 Å². The Hall–Kier alpha value is -2.60. The molecule has 6 heteroatoms. The topological polar surface area (TPSA) is 68.5 Å². The maximum Gasteiger partial charge on any atom is 0.349 e. The van der Waals surface area contributed by atoms with Gasteiger partial charge in [-0.25, -0.2) is 4.79 Å². The molecular formula is C17H12BrNO4. The van der Waals surface area contributed by atoms with E-state index in [-0.39, 0.29) is 5.56 Å². The average Bonchev–Trinajstić information content (AvgIpc) is 2.55. The van der Waals surface area contributed by atoms with Gasteiger partial charge in [-0.3, -0.25) is 4.79 Å². The maximum atomic E-state index is 12.3. The molecule has 1 N–H and O–H groups in total. The first-order valence-electron chi connectivity index (χ1n) is 6.76. The van der Waals surface area contributed by atoms with Crippen LogP contribution in [0.2, 0.25) is 0 Å². The van der Waals surface area contributed by atoms with Gasteiger partial charge in [0.1, 0.15) is 5.56 Å². The Morgan fingerprint density at radius 3 is 2.61 bits per heavy atom. The number of amides is 1. The molecule has 1 amide bonds. The Morgan fingerprint density at radius 2 is 1.91 bits per heavy atom. The quantitative estimate of drug-likeness (QED) is 0.708. The zero-order chi connectivity index (χ0) is 16.4. The molecule has 23 heavy (non-hydrogen) atoms. The summed E-state index contributed by atoms with van der Waals surface area (Å²) in [7, 11) is 1.49. The summed E-state index contributed by atoms with van der Waals surface area (Å²) in [6.07, 6.45) is 0. The zero-order valence-corrected chi connectivity index (χ0v) is 13.7. The highest BCUT2D eigenvalue weighted by Crippen LogP contribution is 2.24. The number of carbonyl (C=O) groups is 1. The van der Waals surface area contributed by atoms with Gasteiger partial charge in [0.05, 0.1) is 7.11 Å². The van der Waals surface area contributed by atoms with E-state index in [1.54, 1.807) is 42.5 Å². The van der Waals surface area contributed by atoms with Gasteiger partial charge in [0, 0.05) is 15.5 Å². The number of fused-ring (bicyclic) bond motifs is 1. The van der Waals surface area contributed by atoms with Gasteiger partial charge in [-0.05, 0) is 36.4 Å². The first-order valence-corrected chi connectivity index (χ1v) is 7.55. The number of nitrogens with one attached hydrogen (secondary N) is 1. The Labute approximate surface area is 140 Å². The highest BCUT2D eigenvalue weighted by atomic mass is 79.9. The molecule has 1 heterocycles. The summed E-state index contributed by atoms with van der Waals surface area (Å²) in [6.45, 7) is 0. The number of hydrogen-bond acceptors (Lipinski definition) is 4. The zero-order valence-electron chi connectivity index (χ0n) is 12.1. The van der Waals surface area contributed by atoms with E-state index in [1.165, 1.54) is 13.2 Å². The monoisotopic (exact) mass is 373 g/mol. The van der Waals surface area contributed by atoms with E-state index in [0.29, 0.717) is 22.4 Å². The first kappa shape index (κ1) is 15.3. The lowest BCUT2D eigenvalue weighted by atomic mass is 10.1. The van der Waals surface area contributed by atoms with Crippen LogP contribution in [0, 0.1) is 0 Å². The number of anilines is 1. The van der Waals surface area contributed by atoms with E-state index in [2.05, 4.69) is 21.2 Å². The molecule has 0 unspecified atom stereocenters. The minimum absolute atomic E-state index is 0.0614. The van der Waals surface area contributed by atoms with E-state index in [4.69, 9.17) is 9.15 Å². The largest absolute Gasteiger partial charge is 0.493 e. The molecule has 0 aliphatic heterocycles.